The molecule has 0 N–H and O–H groups in total. The first-order valence-corrected chi connectivity index (χ1v) is 8.36. The molecule has 4 rings (SSSR count). The van der Waals surface area contributed by atoms with Crippen LogP contribution >= 0.6 is 23.2 Å². The van der Waals surface area contributed by atoms with Gasteiger partial charge in [0.05, 0.1) is 17.2 Å². The van der Waals surface area contributed by atoms with Gasteiger partial charge in [0, 0.05) is 11.1 Å². The molecule has 1 aliphatic heterocycles. The Kier molecular flexibility index (Phi) is 3.98. The standard InChI is InChI=1S/C20H13Cl2O3/c1-23-15-9-6-13(7-10-15)20(14-8-11-16(21)17(22)12-14)24-18-4-2-3-5-19(18)25-20/h2,4-12H,1H3. The highest BCUT2D eigenvalue weighted by atomic mass is 35.5. The Bertz CT molecular complexity index is 897. The van der Waals surface area contributed by atoms with Crippen molar-refractivity contribution in [2.75, 3.05) is 7.11 Å². The third-order valence-corrected chi connectivity index (χ3v) is 4.80. The summed E-state index contributed by atoms with van der Waals surface area (Å²) in [6.07, 6.45) is 0. The minimum absolute atomic E-state index is 0.432. The highest BCUT2D eigenvalue weighted by Crippen LogP contribution is 2.48. The lowest BCUT2D eigenvalue weighted by Gasteiger charge is -2.29. The van der Waals surface area contributed by atoms with E-state index in [1.54, 1.807) is 31.4 Å². The third-order valence-electron chi connectivity index (χ3n) is 4.07. The molecule has 25 heavy (non-hydrogen) atoms. The summed E-state index contributed by atoms with van der Waals surface area (Å²) in [5.74, 6) is 0.847. The molecule has 125 valence electrons. The summed E-state index contributed by atoms with van der Waals surface area (Å²) in [4.78, 5) is 0. The van der Waals surface area contributed by atoms with Gasteiger partial charge < -0.3 is 14.2 Å². The Balaban J connectivity index is 1.88. The summed E-state index contributed by atoms with van der Waals surface area (Å²) in [5, 5.41) is 0.904. The maximum atomic E-state index is 6.25. The van der Waals surface area contributed by atoms with E-state index in [0.717, 1.165) is 16.9 Å². The Hall–Kier alpha value is -2.36. The van der Waals surface area contributed by atoms with Crippen LogP contribution in [0.25, 0.3) is 0 Å². The van der Waals surface area contributed by atoms with Crippen molar-refractivity contribution in [1.29, 1.82) is 0 Å². The summed E-state index contributed by atoms with van der Waals surface area (Å²) in [5.41, 5.74) is 1.55. The van der Waals surface area contributed by atoms with E-state index in [1.165, 1.54) is 0 Å². The first kappa shape index (κ1) is 16.1. The molecule has 0 saturated carbocycles. The molecule has 0 amide bonds. The van der Waals surface area contributed by atoms with Gasteiger partial charge >= 0.3 is 5.79 Å². The van der Waals surface area contributed by atoms with E-state index in [-0.39, 0.29) is 0 Å². The van der Waals surface area contributed by atoms with Gasteiger partial charge in [0.25, 0.3) is 0 Å². The van der Waals surface area contributed by atoms with Crippen LogP contribution in [0.1, 0.15) is 11.1 Å². The van der Waals surface area contributed by atoms with E-state index >= 15 is 0 Å². The molecule has 3 nitrogen and oxygen atoms in total. The van der Waals surface area contributed by atoms with Crippen LogP contribution in [-0.4, -0.2) is 7.11 Å². The second-order valence-corrected chi connectivity index (χ2v) is 6.37. The zero-order valence-corrected chi connectivity index (χ0v) is 14.8. The first-order valence-electron chi connectivity index (χ1n) is 7.60. The van der Waals surface area contributed by atoms with Crippen molar-refractivity contribution in [2.45, 2.75) is 5.79 Å². The van der Waals surface area contributed by atoms with Crippen molar-refractivity contribution in [3.05, 3.63) is 87.9 Å². The smallest absolute Gasteiger partial charge is 0.305 e. The molecule has 1 heterocycles. The van der Waals surface area contributed by atoms with Crippen LogP contribution in [0.3, 0.4) is 0 Å². The highest BCUT2D eigenvalue weighted by Gasteiger charge is 2.45. The van der Waals surface area contributed by atoms with Crippen LogP contribution in [-0.2, 0) is 5.79 Å². The minimum Gasteiger partial charge on any atom is -0.497 e. The Morgan fingerprint density at radius 1 is 0.880 bits per heavy atom. The topological polar surface area (TPSA) is 27.7 Å². The Morgan fingerprint density at radius 2 is 1.60 bits per heavy atom. The number of ether oxygens (including phenoxy) is 3. The van der Waals surface area contributed by atoms with Crippen molar-refractivity contribution in [2.24, 2.45) is 0 Å². The molecule has 0 aromatic heterocycles. The average Bonchev–Trinajstić information content (AvgIpc) is 3.05. The van der Waals surface area contributed by atoms with Crippen molar-refractivity contribution in [3.63, 3.8) is 0 Å². The monoisotopic (exact) mass is 371 g/mol. The molecule has 1 atom stereocenters. The molecule has 5 heteroatoms. The number of benzene rings is 3. The summed E-state index contributed by atoms with van der Waals surface area (Å²) in [6, 6.07) is 21.2. The van der Waals surface area contributed by atoms with E-state index in [0.29, 0.717) is 21.5 Å². The summed E-state index contributed by atoms with van der Waals surface area (Å²) in [7, 11) is 1.62. The van der Waals surface area contributed by atoms with E-state index in [1.807, 2.05) is 36.4 Å². The molecule has 0 aliphatic carbocycles. The molecule has 0 saturated heterocycles. The molecular formula is C20H13Cl2O3. The second-order valence-electron chi connectivity index (χ2n) is 5.55. The fourth-order valence-electron chi connectivity index (χ4n) is 2.81. The number of fused-ring (bicyclic) bond motifs is 1. The van der Waals surface area contributed by atoms with E-state index < -0.39 is 5.79 Å². The maximum absolute atomic E-state index is 6.25. The van der Waals surface area contributed by atoms with Crippen LogP contribution in [0.4, 0.5) is 0 Å². The lowest BCUT2D eigenvalue weighted by atomic mass is 9.97. The number of methoxy groups -OCH3 is 1. The van der Waals surface area contributed by atoms with Crippen molar-refractivity contribution >= 4 is 23.2 Å². The van der Waals surface area contributed by atoms with Crippen LogP contribution in [0.15, 0.2) is 60.7 Å². The molecule has 3 aromatic carbocycles. The van der Waals surface area contributed by atoms with Gasteiger partial charge in [-0.05, 0) is 60.7 Å². The molecule has 1 radical (unpaired) electrons. The van der Waals surface area contributed by atoms with Crippen LogP contribution in [0.5, 0.6) is 17.2 Å². The number of rotatable bonds is 3. The number of halogens is 2. The van der Waals surface area contributed by atoms with Gasteiger partial charge in [-0.15, -0.1) is 0 Å². The summed E-state index contributed by atoms with van der Waals surface area (Å²) in [6.45, 7) is 0. The second kappa shape index (κ2) is 6.17. The predicted octanol–water partition coefficient (Wildman–Crippen LogP) is 5.47. The minimum atomic E-state index is -1.15. The predicted molar refractivity (Wildman–Crippen MR) is 96.8 cm³/mol. The fourth-order valence-corrected chi connectivity index (χ4v) is 3.11. The van der Waals surface area contributed by atoms with E-state index in [4.69, 9.17) is 37.4 Å². The quantitative estimate of drug-likeness (QED) is 0.610. The molecule has 0 fully saturated rings. The van der Waals surface area contributed by atoms with E-state index in [9.17, 15) is 0 Å². The van der Waals surface area contributed by atoms with Crippen molar-refractivity contribution in [3.8, 4) is 17.2 Å². The molecule has 1 unspecified atom stereocenters. The Morgan fingerprint density at radius 3 is 2.28 bits per heavy atom. The fraction of sp³-hybridized carbons (Fsp3) is 0.100. The van der Waals surface area contributed by atoms with E-state index in [2.05, 4.69) is 6.07 Å². The third kappa shape index (κ3) is 2.70. The lowest BCUT2D eigenvalue weighted by Crippen LogP contribution is -2.36. The van der Waals surface area contributed by atoms with Gasteiger partial charge in [-0.2, -0.15) is 0 Å². The summed E-state index contributed by atoms with van der Waals surface area (Å²) >= 11 is 12.3. The molecular weight excluding hydrogens is 359 g/mol. The molecule has 0 bridgehead atoms. The molecule has 0 spiro atoms. The zero-order chi connectivity index (χ0) is 17.4. The lowest BCUT2D eigenvalue weighted by molar-refractivity contribution is -0.0459. The maximum Gasteiger partial charge on any atom is 0.305 e. The largest absolute Gasteiger partial charge is 0.497 e. The first-order chi connectivity index (χ1) is 12.1. The van der Waals surface area contributed by atoms with Gasteiger partial charge in [-0.1, -0.05) is 29.3 Å². The normalized spacial score (nSPS) is 14.4. The van der Waals surface area contributed by atoms with Crippen molar-refractivity contribution < 1.29 is 14.2 Å². The van der Waals surface area contributed by atoms with Gasteiger partial charge in [-0.3, -0.25) is 0 Å². The van der Waals surface area contributed by atoms with Crippen molar-refractivity contribution in [1.82, 2.24) is 0 Å². The van der Waals surface area contributed by atoms with Crippen LogP contribution in [0, 0.1) is 6.07 Å². The van der Waals surface area contributed by atoms with Gasteiger partial charge in [0.2, 0.25) is 0 Å². The van der Waals surface area contributed by atoms with Crippen LogP contribution in [0.2, 0.25) is 10.0 Å². The zero-order valence-electron chi connectivity index (χ0n) is 13.3. The van der Waals surface area contributed by atoms with Gasteiger partial charge in [0.15, 0.2) is 11.5 Å². The van der Waals surface area contributed by atoms with Gasteiger partial charge in [-0.25, -0.2) is 0 Å². The SMILES string of the molecule is COc1ccc(C2(c3ccc(Cl)c(Cl)c3)Oc3c[c]ccc3O2)cc1. The molecule has 3 aromatic rings. The highest BCUT2D eigenvalue weighted by molar-refractivity contribution is 6.42. The average molecular weight is 372 g/mol. The van der Waals surface area contributed by atoms with Gasteiger partial charge in [0.1, 0.15) is 5.75 Å². The number of hydrogen-bond acceptors (Lipinski definition) is 3. The summed E-state index contributed by atoms with van der Waals surface area (Å²) < 4.78 is 17.7. The molecule has 1 aliphatic rings. The van der Waals surface area contributed by atoms with Crippen LogP contribution < -0.4 is 14.2 Å². The number of hydrogen-bond donors (Lipinski definition) is 0. The Labute approximate surface area is 155 Å².